The van der Waals surface area contributed by atoms with E-state index in [9.17, 15) is 4.21 Å². The highest BCUT2D eigenvalue weighted by atomic mass is 32.2. The quantitative estimate of drug-likeness (QED) is 0.660. The van der Waals surface area contributed by atoms with Crippen LogP contribution in [0.3, 0.4) is 0 Å². The van der Waals surface area contributed by atoms with E-state index >= 15 is 0 Å². The van der Waals surface area contributed by atoms with Gasteiger partial charge in [0, 0.05) is 29.1 Å². The number of hydrogen-bond acceptors (Lipinski definition) is 4. The first-order valence-electron chi connectivity index (χ1n) is 9.33. The van der Waals surface area contributed by atoms with E-state index in [2.05, 4.69) is 40.7 Å². The van der Waals surface area contributed by atoms with Gasteiger partial charge in [-0.2, -0.15) is 8.84 Å². The number of fused-ring (bicyclic) bond motifs is 1. The van der Waals surface area contributed by atoms with Crippen LogP contribution in [-0.2, 0) is 22.1 Å². The second-order valence-electron chi connectivity index (χ2n) is 8.92. The van der Waals surface area contributed by atoms with Crippen LogP contribution in [0.1, 0.15) is 57.3 Å². The van der Waals surface area contributed by atoms with E-state index in [4.69, 9.17) is 4.18 Å². The van der Waals surface area contributed by atoms with Gasteiger partial charge < -0.3 is 4.18 Å². The summed E-state index contributed by atoms with van der Waals surface area (Å²) in [6, 6.07) is 7.85. The van der Waals surface area contributed by atoms with Crippen molar-refractivity contribution in [2.75, 3.05) is 6.54 Å². The molecule has 0 amide bonds. The van der Waals surface area contributed by atoms with E-state index in [1.165, 1.54) is 0 Å². The molecular weight excluding hydrogens is 374 g/mol. The minimum atomic E-state index is -1.65. The summed E-state index contributed by atoms with van der Waals surface area (Å²) in [5, 5.41) is 7.85. The Kier molecular flexibility index (Phi) is 5.38. The second-order valence-corrected chi connectivity index (χ2v) is 9.84. The van der Waals surface area contributed by atoms with Crippen molar-refractivity contribution >= 4 is 16.9 Å². The molecule has 152 valence electrons. The third kappa shape index (κ3) is 4.44. The van der Waals surface area contributed by atoms with Gasteiger partial charge in [-0.3, -0.25) is 5.10 Å². The second kappa shape index (κ2) is 7.33. The highest BCUT2D eigenvalue weighted by Gasteiger charge is 2.28. The molecule has 7 nitrogen and oxygen atoms in total. The van der Waals surface area contributed by atoms with E-state index in [1.54, 1.807) is 4.63 Å². The van der Waals surface area contributed by atoms with Gasteiger partial charge in [0.15, 0.2) is 11.5 Å². The first-order chi connectivity index (χ1) is 13.0. The maximum absolute atomic E-state index is 12.4. The van der Waals surface area contributed by atoms with Crippen molar-refractivity contribution < 1.29 is 8.39 Å². The molecule has 2 N–H and O–H groups in total. The van der Waals surface area contributed by atoms with Crippen LogP contribution in [0.25, 0.3) is 5.65 Å². The summed E-state index contributed by atoms with van der Waals surface area (Å²) >= 11 is -1.65. The SMILES string of the molecule is Cc1ccc(C)c(OS(=O)NCC(C)(C)c2nc3cc(C(C)(C)C)[nH]n3n2)c1. The lowest BCUT2D eigenvalue weighted by Gasteiger charge is -2.21. The van der Waals surface area contributed by atoms with E-state index < -0.39 is 16.7 Å². The van der Waals surface area contributed by atoms with Gasteiger partial charge in [-0.15, -0.1) is 5.10 Å². The predicted molar refractivity (Wildman–Crippen MR) is 112 cm³/mol. The Labute approximate surface area is 168 Å². The number of aromatic nitrogens is 4. The molecule has 2 aromatic heterocycles. The molecule has 0 aliphatic carbocycles. The maximum Gasteiger partial charge on any atom is 0.288 e. The Bertz CT molecular complexity index is 982. The molecule has 1 atom stereocenters. The van der Waals surface area contributed by atoms with Gasteiger partial charge in [-0.1, -0.05) is 46.8 Å². The molecule has 0 aliphatic rings. The van der Waals surface area contributed by atoms with Crippen molar-refractivity contribution in [3.8, 4) is 5.75 Å². The van der Waals surface area contributed by atoms with E-state index in [1.807, 2.05) is 52.0 Å². The van der Waals surface area contributed by atoms with E-state index in [0.717, 1.165) is 22.5 Å². The predicted octanol–water partition coefficient (Wildman–Crippen LogP) is 3.50. The summed E-state index contributed by atoms with van der Waals surface area (Å²) in [6.45, 7) is 14.7. The topological polar surface area (TPSA) is 84.3 Å². The van der Waals surface area contributed by atoms with Crippen LogP contribution in [0.15, 0.2) is 24.3 Å². The summed E-state index contributed by atoms with van der Waals surface area (Å²) < 4.78 is 22.6. The molecule has 28 heavy (non-hydrogen) atoms. The third-order valence-corrected chi connectivity index (χ3v) is 5.40. The highest BCUT2D eigenvalue weighted by molar-refractivity contribution is 7.78. The Morgan fingerprint density at radius 3 is 2.54 bits per heavy atom. The summed E-state index contributed by atoms with van der Waals surface area (Å²) in [4.78, 5) is 4.65. The lowest BCUT2D eigenvalue weighted by Crippen LogP contribution is -2.36. The molecule has 0 fully saturated rings. The summed E-state index contributed by atoms with van der Waals surface area (Å²) in [5.41, 5.74) is 3.44. The van der Waals surface area contributed by atoms with Crippen LogP contribution in [0.5, 0.6) is 5.75 Å². The first kappa shape index (κ1) is 20.5. The van der Waals surface area contributed by atoms with Gasteiger partial charge in [0.25, 0.3) is 11.3 Å². The number of aryl methyl sites for hydroxylation is 2. The number of rotatable bonds is 6. The average Bonchev–Trinajstić information content (AvgIpc) is 3.15. The lowest BCUT2D eigenvalue weighted by molar-refractivity contribution is 0.465. The number of H-pyrrole nitrogens is 1. The zero-order valence-electron chi connectivity index (χ0n) is 17.6. The van der Waals surface area contributed by atoms with Gasteiger partial charge in [0.1, 0.15) is 5.75 Å². The molecule has 2 heterocycles. The molecular formula is C20H29N5O2S. The normalized spacial score (nSPS) is 13.8. The van der Waals surface area contributed by atoms with Crippen molar-refractivity contribution in [2.45, 2.75) is 59.3 Å². The van der Waals surface area contributed by atoms with Crippen LogP contribution in [-0.4, -0.2) is 30.6 Å². The molecule has 0 bridgehead atoms. The molecule has 1 unspecified atom stereocenters. The molecule has 0 saturated carbocycles. The van der Waals surface area contributed by atoms with Crippen molar-refractivity contribution in [1.82, 2.24) is 24.5 Å². The number of nitrogens with zero attached hydrogens (tertiary/aromatic N) is 3. The molecule has 0 radical (unpaired) electrons. The molecule has 0 spiro atoms. The van der Waals surface area contributed by atoms with Crippen molar-refractivity contribution in [1.29, 1.82) is 0 Å². The Morgan fingerprint density at radius 2 is 1.89 bits per heavy atom. The number of aromatic amines is 1. The Hall–Kier alpha value is -2.19. The molecule has 3 aromatic rings. The zero-order valence-corrected chi connectivity index (χ0v) is 18.4. The monoisotopic (exact) mass is 403 g/mol. The summed E-state index contributed by atoms with van der Waals surface area (Å²) in [5.74, 6) is 1.29. The molecule has 3 rings (SSSR count). The molecule has 1 aromatic carbocycles. The van der Waals surface area contributed by atoms with Crippen LogP contribution >= 0.6 is 0 Å². The Balaban J connectivity index is 1.67. The standard InChI is InChI=1S/C20H29N5O2S/c1-13-8-9-14(2)15(10-13)27-28(26)21-12-20(6,7)18-22-17-11-16(19(3,4)5)23-25(17)24-18/h8-11,21,23H,12H2,1-7H3. The van der Waals surface area contributed by atoms with Crippen LogP contribution in [0, 0.1) is 13.8 Å². The van der Waals surface area contributed by atoms with Crippen LogP contribution in [0.2, 0.25) is 0 Å². The molecule has 8 heteroatoms. The smallest absolute Gasteiger partial charge is 0.288 e. The third-order valence-electron chi connectivity index (χ3n) is 4.69. The first-order valence-corrected chi connectivity index (χ1v) is 10.4. The lowest BCUT2D eigenvalue weighted by atomic mass is 9.92. The highest BCUT2D eigenvalue weighted by Crippen LogP contribution is 2.24. The van der Waals surface area contributed by atoms with Crippen LogP contribution in [0.4, 0.5) is 0 Å². The number of benzene rings is 1. The number of hydrogen-bond donors (Lipinski definition) is 2. The van der Waals surface area contributed by atoms with Gasteiger partial charge in [-0.25, -0.2) is 9.71 Å². The van der Waals surface area contributed by atoms with Crippen molar-refractivity contribution in [2.24, 2.45) is 0 Å². The largest absolute Gasteiger partial charge is 0.389 e. The Morgan fingerprint density at radius 1 is 1.18 bits per heavy atom. The summed E-state index contributed by atoms with van der Waals surface area (Å²) in [6.07, 6.45) is 0. The summed E-state index contributed by atoms with van der Waals surface area (Å²) in [7, 11) is 0. The van der Waals surface area contributed by atoms with Crippen molar-refractivity contribution in [3.63, 3.8) is 0 Å². The average molecular weight is 404 g/mol. The molecule has 0 aliphatic heterocycles. The van der Waals surface area contributed by atoms with Gasteiger partial charge >= 0.3 is 0 Å². The fourth-order valence-electron chi connectivity index (χ4n) is 2.67. The van der Waals surface area contributed by atoms with Crippen LogP contribution < -0.4 is 8.91 Å². The minimum Gasteiger partial charge on any atom is -0.389 e. The fraction of sp³-hybridized carbons (Fsp3) is 0.500. The van der Waals surface area contributed by atoms with E-state index in [0.29, 0.717) is 18.1 Å². The van der Waals surface area contributed by atoms with E-state index in [-0.39, 0.29) is 5.41 Å². The van der Waals surface area contributed by atoms with Gasteiger partial charge in [0.2, 0.25) is 0 Å². The van der Waals surface area contributed by atoms with Gasteiger partial charge in [0.05, 0.1) is 0 Å². The zero-order chi connectivity index (χ0) is 20.7. The molecule has 0 saturated heterocycles. The van der Waals surface area contributed by atoms with Gasteiger partial charge in [-0.05, 0) is 31.0 Å². The number of nitrogens with one attached hydrogen (secondary N) is 2. The fourth-order valence-corrected chi connectivity index (χ4v) is 3.55. The van der Waals surface area contributed by atoms with Crippen molar-refractivity contribution in [3.05, 3.63) is 46.9 Å². The minimum absolute atomic E-state index is 0.00176. The maximum atomic E-state index is 12.4.